The van der Waals surface area contributed by atoms with Crippen molar-refractivity contribution in [2.24, 2.45) is 0 Å². The molecule has 4 nitrogen and oxygen atoms in total. The van der Waals surface area contributed by atoms with E-state index in [1.165, 1.54) is 62.5 Å². The molecule has 0 saturated heterocycles. The Balaban J connectivity index is 2.62. The van der Waals surface area contributed by atoms with E-state index in [-0.39, 0.29) is 5.75 Å². The molecule has 0 amide bonds. The van der Waals surface area contributed by atoms with Gasteiger partial charge in [0.25, 0.3) is 10.1 Å². The Morgan fingerprint density at radius 2 is 1.35 bits per heavy atom. The molecule has 5 heteroatoms. The van der Waals surface area contributed by atoms with Gasteiger partial charge in [0.1, 0.15) is 5.75 Å². The van der Waals surface area contributed by atoms with Crippen LogP contribution in [-0.2, 0) is 23.0 Å². The minimum atomic E-state index is -3.91. The summed E-state index contributed by atoms with van der Waals surface area (Å²) in [5.41, 5.74) is 2.61. The second kappa shape index (κ2) is 13.2. The zero-order valence-corrected chi connectivity index (χ0v) is 17.3. The summed E-state index contributed by atoms with van der Waals surface area (Å²) in [6, 6.07) is 6.45. The molecule has 0 heterocycles. The van der Waals surface area contributed by atoms with Crippen LogP contribution in [0.25, 0.3) is 0 Å². The fraction of sp³-hybridized carbons (Fsp3) is 0.714. The highest BCUT2D eigenvalue weighted by atomic mass is 32.2. The molecule has 0 aromatic heterocycles. The second-order valence-electron chi connectivity index (χ2n) is 7.09. The van der Waals surface area contributed by atoms with Crippen LogP contribution >= 0.6 is 0 Å². The van der Waals surface area contributed by atoms with Crippen molar-refractivity contribution in [1.82, 2.24) is 0 Å². The Labute approximate surface area is 160 Å². The van der Waals surface area contributed by atoms with Gasteiger partial charge in [-0.1, -0.05) is 58.4 Å². The predicted octanol–water partition coefficient (Wildman–Crippen LogP) is 5.59. The summed E-state index contributed by atoms with van der Waals surface area (Å²) in [4.78, 5) is 0. The SMILES string of the molecule is CCCCCCc1cc(CCCCCC)cc(OCCCS(=O)(=O)O)c1. The van der Waals surface area contributed by atoms with E-state index in [2.05, 4.69) is 32.0 Å². The number of hydrogen-bond donors (Lipinski definition) is 1. The Bertz CT molecular complexity index is 566. The first kappa shape index (κ1) is 23.0. The van der Waals surface area contributed by atoms with Gasteiger partial charge in [-0.25, -0.2) is 0 Å². The van der Waals surface area contributed by atoms with E-state index in [0.29, 0.717) is 13.0 Å². The summed E-state index contributed by atoms with van der Waals surface area (Å²) in [6.45, 7) is 4.74. The van der Waals surface area contributed by atoms with Crippen LogP contribution in [-0.4, -0.2) is 25.3 Å². The van der Waals surface area contributed by atoms with E-state index in [9.17, 15) is 8.42 Å². The third-order valence-corrected chi connectivity index (χ3v) is 5.28. The molecular formula is C21H36O4S. The molecule has 0 aliphatic heterocycles. The van der Waals surface area contributed by atoms with Crippen molar-refractivity contribution in [3.05, 3.63) is 29.3 Å². The van der Waals surface area contributed by atoms with Crippen molar-refractivity contribution in [2.75, 3.05) is 12.4 Å². The highest BCUT2D eigenvalue weighted by Crippen LogP contribution is 2.21. The van der Waals surface area contributed by atoms with Crippen molar-refractivity contribution in [2.45, 2.75) is 84.5 Å². The lowest BCUT2D eigenvalue weighted by Gasteiger charge is -2.12. The fourth-order valence-electron chi connectivity index (χ4n) is 3.04. The fourth-order valence-corrected chi connectivity index (χ4v) is 3.53. The Hall–Kier alpha value is -1.07. The van der Waals surface area contributed by atoms with Gasteiger partial charge in [0, 0.05) is 0 Å². The highest BCUT2D eigenvalue weighted by molar-refractivity contribution is 7.85. The number of unbranched alkanes of at least 4 members (excludes halogenated alkanes) is 6. The average molecular weight is 385 g/mol. The van der Waals surface area contributed by atoms with Crippen molar-refractivity contribution in [3.8, 4) is 5.75 Å². The van der Waals surface area contributed by atoms with Crippen LogP contribution in [0.3, 0.4) is 0 Å². The van der Waals surface area contributed by atoms with Crippen LogP contribution in [0.4, 0.5) is 0 Å². The van der Waals surface area contributed by atoms with Crippen molar-refractivity contribution >= 4 is 10.1 Å². The van der Waals surface area contributed by atoms with Gasteiger partial charge >= 0.3 is 0 Å². The van der Waals surface area contributed by atoms with Crippen LogP contribution in [0.2, 0.25) is 0 Å². The van der Waals surface area contributed by atoms with Gasteiger partial charge in [-0.2, -0.15) is 8.42 Å². The number of ether oxygens (including phenoxy) is 1. The van der Waals surface area contributed by atoms with E-state index in [1.54, 1.807) is 0 Å². The molecular weight excluding hydrogens is 348 g/mol. The lowest BCUT2D eigenvalue weighted by Crippen LogP contribution is -2.08. The molecule has 1 N–H and O–H groups in total. The Morgan fingerprint density at radius 1 is 0.808 bits per heavy atom. The summed E-state index contributed by atoms with van der Waals surface area (Å²) >= 11 is 0. The normalized spacial score (nSPS) is 11.7. The maximum absolute atomic E-state index is 10.8. The molecule has 0 atom stereocenters. The molecule has 0 spiro atoms. The monoisotopic (exact) mass is 384 g/mol. The summed E-state index contributed by atoms with van der Waals surface area (Å²) in [5.74, 6) is 0.562. The molecule has 0 unspecified atom stereocenters. The molecule has 0 fully saturated rings. The summed E-state index contributed by atoms with van der Waals surface area (Å²) < 4.78 is 36.2. The van der Waals surface area contributed by atoms with E-state index < -0.39 is 10.1 Å². The van der Waals surface area contributed by atoms with Crippen molar-refractivity contribution in [1.29, 1.82) is 0 Å². The van der Waals surface area contributed by atoms with E-state index in [0.717, 1.165) is 18.6 Å². The third kappa shape index (κ3) is 11.5. The molecule has 1 aromatic carbocycles. The molecule has 0 bridgehead atoms. The zero-order chi connectivity index (χ0) is 19.3. The minimum Gasteiger partial charge on any atom is -0.494 e. The molecule has 150 valence electrons. The minimum absolute atomic E-state index is 0.256. The lowest BCUT2D eigenvalue weighted by atomic mass is 10.00. The van der Waals surface area contributed by atoms with E-state index in [4.69, 9.17) is 9.29 Å². The van der Waals surface area contributed by atoms with Crippen LogP contribution < -0.4 is 4.74 Å². The quantitative estimate of drug-likeness (QED) is 0.316. The predicted molar refractivity (Wildman–Crippen MR) is 109 cm³/mol. The molecule has 0 saturated carbocycles. The molecule has 0 aliphatic carbocycles. The van der Waals surface area contributed by atoms with Gasteiger partial charge in [0.05, 0.1) is 12.4 Å². The first-order valence-electron chi connectivity index (χ1n) is 10.2. The van der Waals surface area contributed by atoms with Crippen LogP contribution in [0.5, 0.6) is 5.75 Å². The third-order valence-electron chi connectivity index (χ3n) is 4.48. The summed E-state index contributed by atoms with van der Waals surface area (Å²) in [5, 5.41) is 0. The van der Waals surface area contributed by atoms with Gasteiger partial charge in [0.2, 0.25) is 0 Å². The largest absolute Gasteiger partial charge is 0.494 e. The zero-order valence-electron chi connectivity index (χ0n) is 16.5. The maximum atomic E-state index is 10.8. The lowest BCUT2D eigenvalue weighted by molar-refractivity contribution is 0.315. The van der Waals surface area contributed by atoms with Crippen molar-refractivity contribution in [3.63, 3.8) is 0 Å². The Kier molecular flexibility index (Phi) is 11.6. The second-order valence-corrected chi connectivity index (χ2v) is 8.67. The Morgan fingerprint density at radius 3 is 1.81 bits per heavy atom. The van der Waals surface area contributed by atoms with E-state index >= 15 is 0 Å². The topological polar surface area (TPSA) is 63.6 Å². The van der Waals surface area contributed by atoms with Gasteiger partial charge < -0.3 is 4.74 Å². The number of hydrogen-bond acceptors (Lipinski definition) is 3. The smallest absolute Gasteiger partial charge is 0.264 e. The summed E-state index contributed by atoms with van der Waals surface area (Å²) in [6.07, 6.45) is 12.3. The van der Waals surface area contributed by atoms with Gasteiger partial charge in [-0.3, -0.25) is 4.55 Å². The highest BCUT2D eigenvalue weighted by Gasteiger charge is 2.06. The first-order valence-corrected chi connectivity index (χ1v) is 11.8. The number of benzene rings is 1. The standard InChI is InChI=1S/C21H36O4S/c1-3-5-7-9-12-19-16-20(13-10-8-6-4-2)18-21(17-19)25-14-11-15-26(22,23)24/h16-18H,3-15H2,1-2H3,(H,22,23,24). The summed E-state index contributed by atoms with van der Waals surface area (Å²) in [7, 11) is -3.91. The average Bonchev–Trinajstić information content (AvgIpc) is 2.59. The molecule has 1 aromatic rings. The number of rotatable bonds is 15. The van der Waals surface area contributed by atoms with Crippen LogP contribution in [0.15, 0.2) is 18.2 Å². The molecule has 1 rings (SSSR count). The van der Waals surface area contributed by atoms with Crippen LogP contribution in [0, 0.1) is 0 Å². The van der Waals surface area contributed by atoms with E-state index in [1.807, 2.05) is 0 Å². The number of aryl methyl sites for hydroxylation is 2. The van der Waals surface area contributed by atoms with Crippen LogP contribution in [0.1, 0.15) is 82.8 Å². The van der Waals surface area contributed by atoms with Crippen molar-refractivity contribution < 1.29 is 17.7 Å². The molecule has 0 aliphatic rings. The molecule has 0 radical (unpaired) electrons. The molecule has 26 heavy (non-hydrogen) atoms. The first-order chi connectivity index (χ1) is 12.4. The van der Waals surface area contributed by atoms with Gasteiger partial charge in [-0.05, 0) is 55.4 Å². The van der Waals surface area contributed by atoms with Gasteiger partial charge in [0.15, 0.2) is 0 Å². The van der Waals surface area contributed by atoms with Gasteiger partial charge in [-0.15, -0.1) is 0 Å². The maximum Gasteiger partial charge on any atom is 0.264 e.